The van der Waals surface area contributed by atoms with Crippen LogP contribution in [0.4, 0.5) is 0 Å². The third kappa shape index (κ3) is 1.76. The largest absolute Gasteiger partial charge is 0.459 e. The molecule has 0 radical (unpaired) electrons. The Hall–Kier alpha value is -1.58. The number of hydrogen-bond acceptors (Lipinski definition) is 3. The summed E-state index contributed by atoms with van der Waals surface area (Å²) in [4.78, 5) is 0. The molecule has 2 unspecified atom stereocenters. The standard InChI is InChI=1S/C15H16O3/c16-14-9-5-4-8-13(14)18-15(17,11-10-14)12-6-2-1-3-7-12/h1-8,16-17H,9-11H2. The van der Waals surface area contributed by atoms with E-state index >= 15 is 0 Å². The van der Waals surface area contributed by atoms with Crippen LogP contribution in [0.3, 0.4) is 0 Å². The van der Waals surface area contributed by atoms with Crippen LogP contribution >= 0.6 is 0 Å². The predicted octanol–water partition coefficient (Wildman–Crippen LogP) is 2.22. The Balaban J connectivity index is 1.94. The first kappa shape index (κ1) is 11.5. The van der Waals surface area contributed by atoms with Crippen molar-refractivity contribution in [3.63, 3.8) is 0 Å². The fraction of sp³-hybridized carbons (Fsp3) is 0.333. The van der Waals surface area contributed by atoms with Crippen LogP contribution in [0.5, 0.6) is 0 Å². The predicted molar refractivity (Wildman–Crippen MR) is 67.4 cm³/mol. The molecule has 3 heteroatoms. The molecule has 2 atom stereocenters. The van der Waals surface area contributed by atoms with Crippen LogP contribution in [0.1, 0.15) is 24.8 Å². The van der Waals surface area contributed by atoms with Crippen molar-refractivity contribution in [2.75, 3.05) is 0 Å². The third-order valence-corrected chi connectivity index (χ3v) is 3.68. The Morgan fingerprint density at radius 3 is 2.61 bits per heavy atom. The van der Waals surface area contributed by atoms with E-state index in [4.69, 9.17) is 4.74 Å². The van der Waals surface area contributed by atoms with Crippen molar-refractivity contribution in [1.29, 1.82) is 0 Å². The summed E-state index contributed by atoms with van der Waals surface area (Å²) in [5.74, 6) is -0.868. The highest BCUT2D eigenvalue weighted by molar-refractivity contribution is 5.29. The number of allylic oxidation sites excluding steroid dienone is 2. The van der Waals surface area contributed by atoms with Crippen molar-refractivity contribution in [3.8, 4) is 0 Å². The molecule has 18 heavy (non-hydrogen) atoms. The normalized spacial score (nSPS) is 34.4. The van der Waals surface area contributed by atoms with Gasteiger partial charge in [-0.05, 0) is 12.5 Å². The lowest BCUT2D eigenvalue weighted by Crippen LogP contribution is -2.45. The van der Waals surface area contributed by atoms with Gasteiger partial charge in [-0.25, -0.2) is 0 Å². The molecule has 0 spiro atoms. The van der Waals surface area contributed by atoms with E-state index in [0.29, 0.717) is 25.0 Å². The maximum absolute atomic E-state index is 10.6. The average molecular weight is 244 g/mol. The maximum Gasteiger partial charge on any atom is 0.234 e. The van der Waals surface area contributed by atoms with Crippen LogP contribution in [0, 0.1) is 0 Å². The molecular weight excluding hydrogens is 228 g/mol. The van der Waals surface area contributed by atoms with Crippen molar-refractivity contribution in [1.82, 2.24) is 0 Å². The van der Waals surface area contributed by atoms with E-state index in [0.717, 1.165) is 5.56 Å². The summed E-state index contributed by atoms with van der Waals surface area (Å²) in [6, 6.07) is 9.31. The number of hydrogen-bond donors (Lipinski definition) is 2. The molecule has 1 aliphatic carbocycles. The number of benzene rings is 1. The summed E-state index contributed by atoms with van der Waals surface area (Å²) in [6.45, 7) is 0. The first-order valence-corrected chi connectivity index (χ1v) is 6.19. The van der Waals surface area contributed by atoms with Gasteiger partial charge in [-0.2, -0.15) is 0 Å². The minimum Gasteiger partial charge on any atom is -0.459 e. The smallest absolute Gasteiger partial charge is 0.234 e. The molecule has 0 saturated carbocycles. The number of ether oxygens (including phenoxy) is 1. The zero-order valence-electron chi connectivity index (χ0n) is 10.0. The Labute approximate surface area is 106 Å². The van der Waals surface area contributed by atoms with E-state index < -0.39 is 11.4 Å². The Bertz CT molecular complexity index is 506. The van der Waals surface area contributed by atoms with Crippen molar-refractivity contribution in [2.45, 2.75) is 30.7 Å². The van der Waals surface area contributed by atoms with Crippen LogP contribution in [-0.4, -0.2) is 15.8 Å². The number of aliphatic hydroxyl groups is 2. The zero-order valence-corrected chi connectivity index (χ0v) is 10.0. The lowest BCUT2D eigenvalue weighted by Gasteiger charge is -2.43. The molecule has 0 aromatic heterocycles. The molecule has 1 saturated heterocycles. The van der Waals surface area contributed by atoms with Gasteiger partial charge in [0, 0.05) is 18.4 Å². The Morgan fingerprint density at radius 1 is 1.06 bits per heavy atom. The van der Waals surface area contributed by atoms with Crippen molar-refractivity contribution < 1.29 is 14.9 Å². The van der Waals surface area contributed by atoms with Crippen LogP contribution in [0.25, 0.3) is 0 Å². The second kappa shape index (κ2) is 3.97. The number of rotatable bonds is 1. The monoisotopic (exact) mass is 244 g/mol. The Kier molecular flexibility index (Phi) is 2.54. The summed E-state index contributed by atoms with van der Waals surface area (Å²) in [6.07, 6.45) is 6.92. The lowest BCUT2D eigenvalue weighted by molar-refractivity contribution is -0.239. The van der Waals surface area contributed by atoms with Crippen molar-refractivity contribution in [2.24, 2.45) is 0 Å². The second-order valence-corrected chi connectivity index (χ2v) is 4.95. The van der Waals surface area contributed by atoms with Crippen LogP contribution in [-0.2, 0) is 10.5 Å². The van der Waals surface area contributed by atoms with E-state index in [2.05, 4.69) is 0 Å². The SMILES string of the molecule is OC12CC=CC=C1OC(O)(c1ccccc1)CC2. The molecule has 94 valence electrons. The van der Waals surface area contributed by atoms with Gasteiger partial charge in [0.2, 0.25) is 5.79 Å². The average Bonchev–Trinajstić information content (AvgIpc) is 2.41. The first-order valence-electron chi connectivity index (χ1n) is 6.19. The molecular formula is C15H16O3. The molecule has 1 heterocycles. The highest BCUT2D eigenvalue weighted by Crippen LogP contribution is 2.44. The van der Waals surface area contributed by atoms with E-state index in [1.54, 1.807) is 6.08 Å². The molecule has 2 N–H and O–H groups in total. The van der Waals surface area contributed by atoms with Gasteiger partial charge in [-0.3, -0.25) is 0 Å². The molecule has 3 nitrogen and oxygen atoms in total. The van der Waals surface area contributed by atoms with Gasteiger partial charge in [0.05, 0.1) is 0 Å². The van der Waals surface area contributed by atoms with Crippen LogP contribution in [0.2, 0.25) is 0 Å². The maximum atomic E-state index is 10.6. The molecule has 3 rings (SSSR count). The molecule has 2 aliphatic rings. The lowest BCUT2D eigenvalue weighted by atomic mass is 9.82. The zero-order chi connectivity index (χ0) is 12.6. The second-order valence-electron chi connectivity index (χ2n) is 4.95. The summed E-state index contributed by atoms with van der Waals surface area (Å²) in [7, 11) is 0. The third-order valence-electron chi connectivity index (χ3n) is 3.68. The molecule has 1 aliphatic heterocycles. The quantitative estimate of drug-likeness (QED) is 0.796. The summed E-state index contributed by atoms with van der Waals surface area (Å²) in [5.41, 5.74) is -0.224. The van der Waals surface area contributed by atoms with Gasteiger partial charge in [0.15, 0.2) is 0 Å². The highest BCUT2D eigenvalue weighted by Gasteiger charge is 2.46. The molecule has 1 aromatic carbocycles. The molecule has 1 fully saturated rings. The first-order chi connectivity index (χ1) is 8.62. The van der Waals surface area contributed by atoms with Gasteiger partial charge >= 0.3 is 0 Å². The number of fused-ring (bicyclic) bond motifs is 1. The van der Waals surface area contributed by atoms with E-state index in [1.165, 1.54) is 0 Å². The van der Waals surface area contributed by atoms with Crippen LogP contribution < -0.4 is 0 Å². The molecule has 1 aromatic rings. The highest BCUT2D eigenvalue weighted by atomic mass is 16.6. The topological polar surface area (TPSA) is 49.7 Å². The van der Waals surface area contributed by atoms with E-state index in [9.17, 15) is 10.2 Å². The van der Waals surface area contributed by atoms with Gasteiger partial charge in [0.1, 0.15) is 11.4 Å². The Morgan fingerprint density at radius 2 is 1.83 bits per heavy atom. The fourth-order valence-electron chi connectivity index (χ4n) is 2.54. The minimum absolute atomic E-state index is 0.388. The van der Waals surface area contributed by atoms with Crippen molar-refractivity contribution >= 4 is 0 Å². The van der Waals surface area contributed by atoms with Gasteiger partial charge in [-0.1, -0.05) is 42.5 Å². The van der Waals surface area contributed by atoms with E-state index in [1.807, 2.05) is 42.5 Å². The van der Waals surface area contributed by atoms with E-state index in [-0.39, 0.29) is 0 Å². The van der Waals surface area contributed by atoms with Crippen LogP contribution in [0.15, 0.2) is 54.3 Å². The van der Waals surface area contributed by atoms with Crippen molar-refractivity contribution in [3.05, 3.63) is 59.9 Å². The van der Waals surface area contributed by atoms with Gasteiger partial charge in [0.25, 0.3) is 0 Å². The summed E-state index contributed by atoms with van der Waals surface area (Å²) in [5, 5.41) is 21.0. The minimum atomic E-state index is -1.33. The molecule has 0 amide bonds. The van der Waals surface area contributed by atoms with Gasteiger partial charge in [-0.15, -0.1) is 0 Å². The fourth-order valence-corrected chi connectivity index (χ4v) is 2.54. The summed E-state index contributed by atoms with van der Waals surface area (Å²) < 4.78 is 5.68. The van der Waals surface area contributed by atoms with Gasteiger partial charge < -0.3 is 14.9 Å². The summed E-state index contributed by atoms with van der Waals surface area (Å²) >= 11 is 0. The molecule has 0 bridgehead atoms.